The number of carbonyl (C=O) groups excluding carboxylic acids is 2. The molecule has 2 aliphatic rings. The summed E-state index contributed by atoms with van der Waals surface area (Å²) in [6.07, 6.45) is 4.36. The minimum Gasteiger partial charge on any atom is -0.466 e. The fourth-order valence-electron chi connectivity index (χ4n) is 2.97. The Morgan fingerprint density at radius 2 is 2.24 bits per heavy atom. The lowest BCUT2D eigenvalue weighted by Crippen LogP contribution is -2.23. The monoisotopic (exact) mass is 290 g/mol. The summed E-state index contributed by atoms with van der Waals surface area (Å²) in [5.74, 6) is -0.242. The Bertz CT molecular complexity index is 515. The summed E-state index contributed by atoms with van der Waals surface area (Å²) in [6.45, 7) is 11.9. The third-order valence-electron chi connectivity index (χ3n) is 4.16. The minimum atomic E-state index is -0.294. The van der Waals surface area contributed by atoms with E-state index in [1.54, 1.807) is 0 Å². The lowest BCUT2D eigenvalue weighted by molar-refractivity contribution is -0.141. The number of carbonyl (C=O) groups is 2. The smallest absolute Gasteiger partial charge is 0.334 e. The van der Waals surface area contributed by atoms with E-state index in [1.165, 1.54) is 12.5 Å². The van der Waals surface area contributed by atoms with Gasteiger partial charge in [-0.05, 0) is 29.9 Å². The van der Waals surface area contributed by atoms with Crippen molar-refractivity contribution in [3.05, 3.63) is 36.0 Å². The van der Waals surface area contributed by atoms with Crippen molar-refractivity contribution in [3.63, 3.8) is 0 Å². The fraction of sp³-hybridized carbons (Fsp3) is 0.529. The van der Waals surface area contributed by atoms with Crippen molar-refractivity contribution in [1.29, 1.82) is 0 Å². The second kappa shape index (κ2) is 6.29. The van der Waals surface area contributed by atoms with E-state index in [0.717, 1.165) is 18.4 Å². The standard InChI is InChI=1S/C17H22O4/c1-10(6-5-7-20-13(4)18)14-9-15-12(3)17(19)21-16(15)8-11(14)2/h9-10,15-16H,2-3,5-8H2,1,4H3/t10-,15+,16+/m0/s1. The van der Waals surface area contributed by atoms with Gasteiger partial charge in [-0.2, -0.15) is 0 Å². The Morgan fingerprint density at radius 1 is 1.52 bits per heavy atom. The molecule has 114 valence electrons. The number of esters is 2. The molecule has 4 heteroatoms. The normalized spacial score (nSPS) is 26.0. The molecule has 0 unspecified atom stereocenters. The highest BCUT2D eigenvalue weighted by Crippen LogP contribution is 2.41. The van der Waals surface area contributed by atoms with Gasteiger partial charge in [0, 0.05) is 24.8 Å². The lowest BCUT2D eigenvalue weighted by Gasteiger charge is -2.28. The molecule has 4 nitrogen and oxygen atoms in total. The molecule has 0 radical (unpaired) electrons. The SMILES string of the molecule is C=C1C[C@H]2OC(=O)C(=C)[C@H]2C=C1[C@@H](C)CCCOC(C)=O. The van der Waals surface area contributed by atoms with Gasteiger partial charge in [0.25, 0.3) is 0 Å². The molecule has 1 aliphatic heterocycles. The second-order valence-corrected chi connectivity index (χ2v) is 5.81. The molecule has 1 aliphatic carbocycles. The molecule has 0 spiro atoms. The van der Waals surface area contributed by atoms with Gasteiger partial charge in [0.1, 0.15) is 6.10 Å². The Labute approximate surface area is 125 Å². The number of ether oxygens (including phenoxy) is 2. The molecule has 2 rings (SSSR count). The van der Waals surface area contributed by atoms with Gasteiger partial charge in [0.15, 0.2) is 0 Å². The van der Waals surface area contributed by atoms with E-state index in [2.05, 4.69) is 26.2 Å². The van der Waals surface area contributed by atoms with Crippen LogP contribution in [0.4, 0.5) is 0 Å². The summed E-state index contributed by atoms with van der Waals surface area (Å²) in [5.41, 5.74) is 2.74. The number of allylic oxidation sites excluding steroid dienone is 1. The molecule has 0 aromatic heterocycles. The van der Waals surface area contributed by atoms with Crippen molar-refractivity contribution < 1.29 is 19.1 Å². The zero-order chi connectivity index (χ0) is 15.6. The summed E-state index contributed by atoms with van der Waals surface area (Å²) >= 11 is 0. The molecular formula is C17H22O4. The summed E-state index contributed by atoms with van der Waals surface area (Å²) in [4.78, 5) is 22.3. The molecule has 0 amide bonds. The van der Waals surface area contributed by atoms with Gasteiger partial charge >= 0.3 is 11.9 Å². The van der Waals surface area contributed by atoms with Crippen molar-refractivity contribution in [2.24, 2.45) is 11.8 Å². The third kappa shape index (κ3) is 3.43. The van der Waals surface area contributed by atoms with Crippen LogP contribution in [0.15, 0.2) is 36.0 Å². The van der Waals surface area contributed by atoms with Crippen LogP contribution >= 0.6 is 0 Å². The first-order valence-electron chi connectivity index (χ1n) is 7.33. The van der Waals surface area contributed by atoms with E-state index >= 15 is 0 Å². The first-order valence-corrected chi connectivity index (χ1v) is 7.33. The first kappa shape index (κ1) is 15.5. The van der Waals surface area contributed by atoms with Crippen LogP contribution in [0.5, 0.6) is 0 Å². The van der Waals surface area contributed by atoms with Gasteiger partial charge in [0.2, 0.25) is 0 Å². The van der Waals surface area contributed by atoms with Crippen molar-refractivity contribution in [2.45, 2.75) is 39.2 Å². The molecule has 1 fully saturated rings. The van der Waals surface area contributed by atoms with Gasteiger partial charge < -0.3 is 9.47 Å². The zero-order valence-electron chi connectivity index (χ0n) is 12.7. The van der Waals surface area contributed by atoms with E-state index in [0.29, 0.717) is 24.5 Å². The van der Waals surface area contributed by atoms with Crippen LogP contribution in [0.25, 0.3) is 0 Å². The molecule has 0 N–H and O–H groups in total. The number of rotatable bonds is 5. The van der Waals surface area contributed by atoms with E-state index in [9.17, 15) is 9.59 Å². The predicted octanol–water partition coefficient (Wildman–Crippen LogP) is 2.95. The first-order chi connectivity index (χ1) is 9.90. The Hall–Kier alpha value is -1.84. The molecule has 21 heavy (non-hydrogen) atoms. The molecule has 0 saturated carbocycles. The topological polar surface area (TPSA) is 52.6 Å². The van der Waals surface area contributed by atoms with Crippen LogP contribution in [0.3, 0.4) is 0 Å². The van der Waals surface area contributed by atoms with Crippen LogP contribution in [-0.2, 0) is 19.1 Å². The van der Waals surface area contributed by atoms with E-state index < -0.39 is 0 Å². The quantitative estimate of drug-likeness (QED) is 0.444. The Morgan fingerprint density at radius 3 is 2.90 bits per heavy atom. The van der Waals surface area contributed by atoms with Gasteiger partial charge in [-0.3, -0.25) is 4.79 Å². The Balaban J connectivity index is 1.98. The van der Waals surface area contributed by atoms with Crippen molar-refractivity contribution in [2.75, 3.05) is 6.61 Å². The van der Waals surface area contributed by atoms with E-state index in [1.807, 2.05) is 0 Å². The molecule has 1 saturated heterocycles. The largest absolute Gasteiger partial charge is 0.466 e. The molecule has 0 bridgehead atoms. The molecule has 1 heterocycles. The predicted molar refractivity (Wildman–Crippen MR) is 79.4 cm³/mol. The summed E-state index contributed by atoms with van der Waals surface area (Å²) < 4.78 is 10.2. The lowest BCUT2D eigenvalue weighted by atomic mass is 9.78. The maximum atomic E-state index is 11.6. The van der Waals surface area contributed by atoms with E-state index in [4.69, 9.17) is 9.47 Å². The molecule has 0 aromatic rings. The third-order valence-corrected chi connectivity index (χ3v) is 4.16. The molecular weight excluding hydrogens is 268 g/mol. The van der Waals surface area contributed by atoms with Crippen LogP contribution in [0, 0.1) is 11.8 Å². The van der Waals surface area contributed by atoms with Crippen molar-refractivity contribution in [3.8, 4) is 0 Å². The van der Waals surface area contributed by atoms with Gasteiger partial charge in [-0.1, -0.05) is 26.2 Å². The zero-order valence-corrected chi connectivity index (χ0v) is 12.7. The Kier molecular flexibility index (Phi) is 4.66. The summed E-state index contributed by atoms with van der Waals surface area (Å²) in [6, 6.07) is 0. The average Bonchev–Trinajstić information content (AvgIpc) is 2.68. The summed E-state index contributed by atoms with van der Waals surface area (Å²) in [5, 5.41) is 0. The van der Waals surface area contributed by atoms with E-state index in [-0.39, 0.29) is 24.0 Å². The molecule has 0 aromatic carbocycles. The number of hydrogen-bond acceptors (Lipinski definition) is 4. The van der Waals surface area contributed by atoms with Gasteiger partial charge in [0.05, 0.1) is 6.61 Å². The summed E-state index contributed by atoms with van der Waals surface area (Å²) in [7, 11) is 0. The van der Waals surface area contributed by atoms with Crippen molar-refractivity contribution >= 4 is 11.9 Å². The van der Waals surface area contributed by atoms with Crippen LogP contribution in [0.1, 0.15) is 33.1 Å². The van der Waals surface area contributed by atoms with Crippen LogP contribution < -0.4 is 0 Å². The highest BCUT2D eigenvalue weighted by atomic mass is 16.6. The highest BCUT2D eigenvalue weighted by molar-refractivity contribution is 5.91. The van der Waals surface area contributed by atoms with Gasteiger partial charge in [-0.25, -0.2) is 4.79 Å². The number of hydrogen-bond donors (Lipinski definition) is 0. The highest BCUT2D eigenvalue weighted by Gasteiger charge is 2.40. The van der Waals surface area contributed by atoms with Crippen LogP contribution in [0.2, 0.25) is 0 Å². The fourth-order valence-corrected chi connectivity index (χ4v) is 2.97. The maximum absolute atomic E-state index is 11.6. The minimum absolute atomic E-state index is 0.0195. The average molecular weight is 290 g/mol. The van der Waals surface area contributed by atoms with Crippen molar-refractivity contribution in [1.82, 2.24) is 0 Å². The maximum Gasteiger partial charge on any atom is 0.334 e. The van der Waals surface area contributed by atoms with Crippen LogP contribution in [-0.4, -0.2) is 24.6 Å². The van der Waals surface area contributed by atoms with Gasteiger partial charge in [-0.15, -0.1) is 0 Å². The number of fused-ring (bicyclic) bond motifs is 1. The molecule has 3 atom stereocenters. The second-order valence-electron chi connectivity index (χ2n) is 5.81.